The molecule has 1 fully saturated rings. The van der Waals surface area contributed by atoms with Gasteiger partial charge in [-0.3, -0.25) is 4.79 Å². The summed E-state index contributed by atoms with van der Waals surface area (Å²) < 4.78 is 5.46. The highest BCUT2D eigenvalue weighted by molar-refractivity contribution is 5.77. The van der Waals surface area contributed by atoms with E-state index in [1.165, 1.54) is 19.3 Å². The first-order chi connectivity index (χ1) is 9.28. The maximum Gasteiger partial charge on any atom is 0.258 e. The maximum atomic E-state index is 11.8. The summed E-state index contributed by atoms with van der Waals surface area (Å²) in [6.07, 6.45) is 5.91. The van der Waals surface area contributed by atoms with E-state index in [9.17, 15) is 4.79 Å². The van der Waals surface area contributed by atoms with Gasteiger partial charge in [-0.2, -0.15) is 0 Å². The van der Waals surface area contributed by atoms with Gasteiger partial charge in [0.1, 0.15) is 5.75 Å². The SMILES string of the molecule is NCc1ccc(OCC(=O)NC2CCCCC2)cc1. The van der Waals surface area contributed by atoms with Crippen LogP contribution in [0.3, 0.4) is 0 Å². The summed E-state index contributed by atoms with van der Waals surface area (Å²) in [5, 5.41) is 3.03. The van der Waals surface area contributed by atoms with Gasteiger partial charge in [0.2, 0.25) is 0 Å². The second-order valence-corrected chi connectivity index (χ2v) is 5.04. The summed E-state index contributed by atoms with van der Waals surface area (Å²) in [7, 11) is 0. The van der Waals surface area contributed by atoms with E-state index in [1.807, 2.05) is 24.3 Å². The van der Waals surface area contributed by atoms with Crippen LogP contribution in [0.25, 0.3) is 0 Å². The summed E-state index contributed by atoms with van der Waals surface area (Å²) >= 11 is 0. The first kappa shape index (κ1) is 13.9. The van der Waals surface area contributed by atoms with Gasteiger partial charge in [-0.25, -0.2) is 0 Å². The molecule has 0 aliphatic heterocycles. The normalized spacial score (nSPS) is 16.1. The quantitative estimate of drug-likeness (QED) is 0.852. The molecule has 19 heavy (non-hydrogen) atoms. The number of benzene rings is 1. The zero-order chi connectivity index (χ0) is 13.5. The molecule has 4 nitrogen and oxygen atoms in total. The maximum absolute atomic E-state index is 11.8. The van der Waals surface area contributed by atoms with Crippen molar-refractivity contribution < 1.29 is 9.53 Å². The fourth-order valence-corrected chi connectivity index (χ4v) is 2.39. The molecule has 0 bridgehead atoms. The number of amides is 1. The molecule has 0 saturated heterocycles. The molecule has 0 aromatic heterocycles. The van der Waals surface area contributed by atoms with E-state index >= 15 is 0 Å². The lowest BCUT2D eigenvalue weighted by molar-refractivity contribution is -0.124. The molecule has 2 rings (SSSR count). The van der Waals surface area contributed by atoms with Crippen molar-refractivity contribution in [2.75, 3.05) is 6.61 Å². The number of hydrogen-bond acceptors (Lipinski definition) is 3. The Labute approximate surface area is 114 Å². The first-order valence-corrected chi connectivity index (χ1v) is 6.99. The largest absolute Gasteiger partial charge is 0.484 e. The third-order valence-corrected chi connectivity index (χ3v) is 3.50. The van der Waals surface area contributed by atoms with E-state index in [2.05, 4.69) is 5.32 Å². The Morgan fingerprint density at radius 3 is 2.53 bits per heavy atom. The van der Waals surface area contributed by atoms with Crippen molar-refractivity contribution in [3.8, 4) is 5.75 Å². The van der Waals surface area contributed by atoms with Crippen molar-refractivity contribution in [2.24, 2.45) is 5.73 Å². The summed E-state index contributed by atoms with van der Waals surface area (Å²) in [6, 6.07) is 7.85. The number of carbonyl (C=O) groups excluding carboxylic acids is 1. The van der Waals surface area contributed by atoms with E-state index in [1.54, 1.807) is 0 Å². The molecule has 4 heteroatoms. The molecule has 1 aromatic carbocycles. The zero-order valence-electron chi connectivity index (χ0n) is 11.2. The molecular formula is C15H22N2O2. The molecule has 0 radical (unpaired) electrons. The summed E-state index contributed by atoms with van der Waals surface area (Å²) in [4.78, 5) is 11.8. The van der Waals surface area contributed by atoms with Crippen molar-refractivity contribution in [1.82, 2.24) is 5.32 Å². The number of rotatable bonds is 5. The Hall–Kier alpha value is -1.55. The van der Waals surface area contributed by atoms with Crippen molar-refractivity contribution in [3.05, 3.63) is 29.8 Å². The number of hydrogen-bond donors (Lipinski definition) is 2. The molecule has 0 atom stereocenters. The van der Waals surface area contributed by atoms with E-state index in [0.717, 1.165) is 18.4 Å². The Kier molecular flexibility index (Phi) is 5.21. The van der Waals surface area contributed by atoms with Gasteiger partial charge < -0.3 is 15.8 Å². The zero-order valence-corrected chi connectivity index (χ0v) is 11.2. The fraction of sp³-hybridized carbons (Fsp3) is 0.533. The number of nitrogens with one attached hydrogen (secondary N) is 1. The Balaban J connectivity index is 1.72. The average Bonchev–Trinajstić information content (AvgIpc) is 2.47. The van der Waals surface area contributed by atoms with Crippen LogP contribution in [0.5, 0.6) is 5.75 Å². The minimum atomic E-state index is -0.0326. The van der Waals surface area contributed by atoms with Crippen LogP contribution in [0.4, 0.5) is 0 Å². The average molecular weight is 262 g/mol. The molecule has 0 heterocycles. The molecule has 1 amide bonds. The Morgan fingerprint density at radius 2 is 1.89 bits per heavy atom. The Morgan fingerprint density at radius 1 is 1.21 bits per heavy atom. The highest BCUT2D eigenvalue weighted by atomic mass is 16.5. The summed E-state index contributed by atoms with van der Waals surface area (Å²) in [6.45, 7) is 0.598. The van der Waals surface area contributed by atoms with E-state index in [0.29, 0.717) is 18.3 Å². The van der Waals surface area contributed by atoms with Crippen LogP contribution in [0.1, 0.15) is 37.7 Å². The number of nitrogens with two attached hydrogens (primary N) is 1. The van der Waals surface area contributed by atoms with Crippen molar-refractivity contribution in [1.29, 1.82) is 0 Å². The van der Waals surface area contributed by atoms with Gasteiger partial charge in [0.25, 0.3) is 5.91 Å². The fourth-order valence-electron chi connectivity index (χ4n) is 2.39. The van der Waals surface area contributed by atoms with Gasteiger partial charge in [0, 0.05) is 12.6 Å². The topological polar surface area (TPSA) is 64.3 Å². The highest BCUT2D eigenvalue weighted by Crippen LogP contribution is 2.17. The van der Waals surface area contributed by atoms with Crippen molar-refractivity contribution in [2.45, 2.75) is 44.7 Å². The van der Waals surface area contributed by atoms with E-state index in [4.69, 9.17) is 10.5 Å². The van der Waals surface area contributed by atoms with Crippen LogP contribution in [0, 0.1) is 0 Å². The van der Waals surface area contributed by atoms with Crippen LogP contribution in [0.15, 0.2) is 24.3 Å². The second kappa shape index (κ2) is 7.14. The third kappa shape index (κ3) is 4.56. The predicted molar refractivity (Wildman–Crippen MR) is 74.8 cm³/mol. The van der Waals surface area contributed by atoms with Gasteiger partial charge in [-0.1, -0.05) is 31.4 Å². The lowest BCUT2D eigenvalue weighted by Crippen LogP contribution is -2.38. The summed E-state index contributed by atoms with van der Waals surface area (Å²) in [5.74, 6) is 0.672. The molecule has 1 saturated carbocycles. The third-order valence-electron chi connectivity index (χ3n) is 3.50. The number of carbonyl (C=O) groups is 1. The first-order valence-electron chi connectivity index (χ1n) is 6.99. The van der Waals surface area contributed by atoms with Crippen molar-refractivity contribution in [3.63, 3.8) is 0 Å². The molecular weight excluding hydrogens is 240 g/mol. The molecule has 1 aliphatic carbocycles. The van der Waals surface area contributed by atoms with Gasteiger partial charge >= 0.3 is 0 Å². The monoisotopic (exact) mass is 262 g/mol. The van der Waals surface area contributed by atoms with Crippen LogP contribution in [-0.2, 0) is 11.3 Å². The van der Waals surface area contributed by atoms with E-state index in [-0.39, 0.29) is 12.5 Å². The van der Waals surface area contributed by atoms with Gasteiger partial charge in [-0.15, -0.1) is 0 Å². The van der Waals surface area contributed by atoms with Gasteiger partial charge in [0.05, 0.1) is 0 Å². The molecule has 0 spiro atoms. The summed E-state index contributed by atoms with van der Waals surface area (Å²) in [5.41, 5.74) is 6.58. The minimum absolute atomic E-state index is 0.0326. The molecule has 0 unspecified atom stereocenters. The van der Waals surface area contributed by atoms with Gasteiger partial charge in [0.15, 0.2) is 6.61 Å². The van der Waals surface area contributed by atoms with Crippen LogP contribution >= 0.6 is 0 Å². The van der Waals surface area contributed by atoms with Crippen LogP contribution in [-0.4, -0.2) is 18.6 Å². The number of ether oxygens (including phenoxy) is 1. The van der Waals surface area contributed by atoms with Crippen molar-refractivity contribution >= 4 is 5.91 Å². The van der Waals surface area contributed by atoms with Gasteiger partial charge in [-0.05, 0) is 30.5 Å². The minimum Gasteiger partial charge on any atom is -0.484 e. The Bertz CT molecular complexity index is 397. The predicted octanol–water partition coefficient (Wildman–Crippen LogP) is 1.97. The standard InChI is InChI=1S/C15H22N2O2/c16-10-12-6-8-14(9-7-12)19-11-15(18)17-13-4-2-1-3-5-13/h6-9,13H,1-5,10-11,16H2,(H,17,18). The van der Waals surface area contributed by atoms with Crippen LogP contribution in [0.2, 0.25) is 0 Å². The smallest absolute Gasteiger partial charge is 0.258 e. The lowest BCUT2D eigenvalue weighted by Gasteiger charge is -2.22. The molecule has 3 N–H and O–H groups in total. The second-order valence-electron chi connectivity index (χ2n) is 5.04. The molecule has 1 aromatic rings. The molecule has 1 aliphatic rings. The van der Waals surface area contributed by atoms with Crippen LogP contribution < -0.4 is 15.8 Å². The van der Waals surface area contributed by atoms with E-state index < -0.39 is 0 Å². The molecule has 104 valence electrons. The lowest BCUT2D eigenvalue weighted by atomic mass is 9.95. The highest BCUT2D eigenvalue weighted by Gasteiger charge is 2.15.